The summed E-state index contributed by atoms with van der Waals surface area (Å²) < 4.78 is 0. The third-order valence-electron chi connectivity index (χ3n) is 3.19. The van der Waals surface area contributed by atoms with Crippen molar-refractivity contribution in [1.29, 1.82) is 0 Å². The van der Waals surface area contributed by atoms with Crippen molar-refractivity contribution in [2.24, 2.45) is 5.92 Å². The zero-order chi connectivity index (χ0) is 12.9. The van der Waals surface area contributed by atoms with Crippen LogP contribution in [0.3, 0.4) is 0 Å². The van der Waals surface area contributed by atoms with Crippen molar-refractivity contribution in [2.75, 3.05) is 6.61 Å². The molecule has 0 saturated carbocycles. The number of carbonyl (C=O) groups is 1. The summed E-state index contributed by atoms with van der Waals surface area (Å²) in [4.78, 5) is 11.5. The average molecular weight is 240 g/mol. The van der Waals surface area contributed by atoms with Gasteiger partial charge in [-0.2, -0.15) is 0 Å². The monoisotopic (exact) mass is 240 g/mol. The Morgan fingerprint density at radius 3 is 2.00 bits per heavy atom. The van der Waals surface area contributed by atoms with Crippen LogP contribution in [0.15, 0.2) is 12.7 Å². The van der Waals surface area contributed by atoms with E-state index in [0.29, 0.717) is 18.8 Å². The first kappa shape index (κ1) is 16.4. The molecule has 1 N–H and O–H groups in total. The number of hydrogen-bond acceptors (Lipinski definition) is 2. The second-order valence-electron chi connectivity index (χ2n) is 4.79. The lowest BCUT2D eigenvalue weighted by Crippen LogP contribution is -2.07. The van der Waals surface area contributed by atoms with Gasteiger partial charge < -0.3 is 5.11 Å². The molecule has 1 unspecified atom stereocenters. The van der Waals surface area contributed by atoms with E-state index in [1.165, 1.54) is 25.7 Å². The standard InChI is InChI=1S/C15H28O2/c1-3-14(2)15(17)12-10-8-6-4-5-7-9-11-13-16/h3,14,16H,1,4-13H2,2H3. The second-order valence-corrected chi connectivity index (χ2v) is 4.79. The molecular formula is C15H28O2. The van der Waals surface area contributed by atoms with E-state index < -0.39 is 0 Å². The van der Waals surface area contributed by atoms with Gasteiger partial charge in [0, 0.05) is 18.9 Å². The molecule has 0 amide bonds. The van der Waals surface area contributed by atoms with Gasteiger partial charge in [0.1, 0.15) is 5.78 Å². The Labute approximate surface area is 106 Å². The summed E-state index contributed by atoms with van der Waals surface area (Å²) in [6.07, 6.45) is 11.7. The van der Waals surface area contributed by atoms with Crippen molar-refractivity contribution in [3.8, 4) is 0 Å². The summed E-state index contributed by atoms with van der Waals surface area (Å²) in [5.41, 5.74) is 0. The number of allylic oxidation sites excluding steroid dienone is 1. The van der Waals surface area contributed by atoms with E-state index in [1.54, 1.807) is 6.08 Å². The molecule has 0 radical (unpaired) electrons. The first-order valence-electron chi connectivity index (χ1n) is 6.98. The lowest BCUT2D eigenvalue weighted by molar-refractivity contribution is -0.121. The smallest absolute Gasteiger partial charge is 0.139 e. The van der Waals surface area contributed by atoms with Crippen LogP contribution in [0.5, 0.6) is 0 Å². The Kier molecular flexibility index (Phi) is 11.4. The third-order valence-corrected chi connectivity index (χ3v) is 3.19. The third kappa shape index (κ3) is 10.3. The highest BCUT2D eigenvalue weighted by Crippen LogP contribution is 2.11. The van der Waals surface area contributed by atoms with Crippen LogP contribution in [-0.2, 0) is 4.79 Å². The van der Waals surface area contributed by atoms with Gasteiger partial charge in [-0.05, 0) is 12.8 Å². The molecule has 2 nitrogen and oxygen atoms in total. The van der Waals surface area contributed by atoms with Crippen LogP contribution >= 0.6 is 0 Å². The van der Waals surface area contributed by atoms with E-state index in [0.717, 1.165) is 25.7 Å². The molecule has 0 aliphatic heterocycles. The number of Topliss-reactive ketones (excluding diaryl/α,β-unsaturated/α-hetero) is 1. The van der Waals surface area contributed by atoms with Crippen molar-refractivity contribution >= 4 is 5.78 Å². The van der Waals surface area contributed by atoms with E-state index in [-0.39, 0.29) is 5.92 Å². The highest BCUT2D eigenvalue weighted by atomic mass is 16.2. The van der Waals surface area contributed by atoms with Crippen LogP contribution in [0.25, 0.3) is 0 Å². The van der Waals surface area contributed by atoms with E-state index in [1.807, 2.05) is 6.92 Å². The van der Waals surface area contributed by atoms with Crippen LogP contribution < -0.4 is 0 Å². The maximum absolute atomic E-state index is 11.5. The molecule has 17 heavy (non-hydrogen) atoms. The van der Waals surface area contributed by atoms with Gasteiger partial charge in [-0.25, -0.2) is 0 Å². The molecule has 0 heterocycles. The molecular weight excluding hydrogens is 212 g/mol. The lowest BCUT2D eigenvalue weighted by atomic mass is 10.00. The molecule has 0 rings (SSSR count). The Bertz CT molecular complexity index is 199. The molecule has 0 aromatic carbocycles. The van der Waals surface area contributed by atoms with Crippen LogP contribution in [-0.4, -0.2) is 17.5 Å². The minimum absolute atomic E-state index is 0.0217. The number of rotatable bonds is 12. The quantitative estimate of drug-likeness (QED) is 0.415. The first-order chi connectivity index (χ1) is 8.22. The maximum atomic E-state index is 11.5. The molecule has 0 aromatic rings. The summed E-state index contributed by atoms with van der Waals surface area (Å²) in [5.74, 6) is 0.344. The minimum Gasteiger partial charge on any atom is -0.396 e. The van der Waals surface area contributed by atoms with Gasteiger partial charge in [0.25, 0.3) is 0 Å². The minimum atomic E-state index is 0.0217. The number of aliphatic hydroxyl groups is 1. The molecule has 1 atom stereocenters. The normalized spacial score (nSPS) is 12.4. The first-order valence-corrected chi connectivity index (χ1v) is 6.98. The predicted octanol–water partition coefficient (Wildman–Crippen LogP) is 3.88. The summed E-state index contributed by atoms with van der Waals surface area (Å²) in [5, 5.41) is 8.62. The molecule has 0 bridgehead atoms. The Morgan fingerprint density at radius 2 is 1.53 bits per heavy atom. The van der Waals surface area contributed by atoms with E-state index >= 15 is 0 Å². The van der Waals surface area contributed by atoms with Gasteiger partial charge in [0.05, 0.1) is 0 Å². The number of ketones is 1. The van der Waals surface area contributed by atoms with Gasteiger partial charge in [-0.3, -0.25) is 4.79 Å². The summed E-state index contributed by atoms with van der Waals surface area (Å²) >= 11 is 0. The van der Waals surface area contributed by atoms with E-state index in [9.17, 15) is 4.79 Å². The molecule has 0 fully saturated rings. The second kappa shape index (κ2) is 11.8. The Balaban J connectivity index is 3.18. The number of unbranched alkanes of at least 4 members (excludes halogenated alkanes) is 7. The van der Waals surface area contributed by atoms with Crippen molar-refractivity contribution in [1.82, 2.24) is 0 Å². The predicted molar refractivity (Wildman–Crippen MR) is 73.0 cm³/mol. The van der Waals surface area contributed by atoms with E-state index in [2.05, 4.69) is 6.58 Å². The fraction of sp³-hybridized carbons (Fsp3) is 0.800. The van der Waals surface area contributed by atoms with Gasteiger partial charge in [0.2, 0.25) is 0 Å². The van der Waals surface area contributed by atoms with Crippen LogP contribution in [0.4, 0.5) is 0 Å². The summed E-state index contributed by atoms with van der Waals surface area (Å²) in [6.45, 7) is 5.87. The lowest BCUT2D eigenvalue weighted by Gasteiger charge is -2.04. The molecule has 0 aliphatic rings. The molecule has 0 saturated heterocycles. The van der Waals surface area contributed by atoms with Gasteiger partial charge in [-0.15, -0.1) is 6.58 Å². The zero-order valence-electron chi connectivity index (χ0n) is 11.3. The Morgan fingerprint density at radius 1 is 1.06 bits per heavy atom. The average Bonchev–Trinajstić information content (AvgIpc) is 2.35. The van der Waals surface area contributed by atoms with Crippen molar-refractivity contribution in [2.45, 2.75) is 64.7 Å². The highest BCUT2D eigenvalue weighted by molar-refractivity contribution is 5.82. The molecule has 0 spiro atoms. The fourth-order valence-electron chi connectivity index (χ4n) is 1.83. The summed E-state index contributed by atoms with van der Waals surface area (Å²) in [6, 6.07) is 0. The highest BCUT2D eigenvalue weighted by Gasteiger charge is 2.07. The van der Waals surface area contributed by atoms with Crippen molar-refractivity contribution < 1.29 is 9.90 Å². The zero-order valence-corrected chi connectivity index (χ0v) is 11.3. The molecule has 100 valence electrons. The number of carbonyl (C=O) groups excluding carboxylic acids is 1. The fourth-order valence-corrected chi connectivity index (χ4v) is 1.83. The topological polar surface area (TPSA) is 37.3 Å². The van der Waals surface area contributed by atoms with Crippen molar-refractivity contribution in [3.63, 3.8) is 0 Å². The van der Waals surface area contributed by atoms with Crippen molar-refractivity contribution in [3.05, 3.63) is 12.7 Å². The van der Waals surface area contributed by atoms with Gasteiger partial charge in [0.15, 0.2) is 0 Å². The van der Waals surface area contributed by atoms with Crippen LogP contribution in [0, 0.1) is 5.92 Å². The molecule has 0 aliphatic carbocycles. The van der Waals surface area contributed by atoms with Crippen LogP contribution in [0.1, 0.15) is 64.7 Å². The SMILES string of the molecule is C=CC(C)C(=O)CCCCCCCCCCO. The largest absolute Gasteiger partial charge is 0.396 e. The molecule has 2 heteroatoms. The van der Waals surface area contributed by atoms with E-state index in [4.69, 9.17) is 5.11 Å². The van der Waals surface area contributed by atoms with Gasteiger partial charge >= 0.3 is 0 Å². The number of hydrogen-bond donors (Lipinski definition) is 1. The number of aliphatic hydroxyl groups excluding tert-OH is 1. The Hall–Kier alpha value is -0.630. The van der Waals surface area contributed by atoms with Crippen LogP contribution in [0.2, 0.25) is 0 Å². The van der Waals surface area contributed by atoms with Gasteiger partial charge in [-0.1, -0.05) is 51.5 Å². The maximum Gasteiger partial charge on any atom is 0.139 e. The molecule has 0 aromatic heterocycles. The summed E-state index contributed by atoms with van der Waals surface area (Å²) in [7, 11) is 0.